The Kier molecular flexibility index (Phi) is 10.1. The number of nitrogens with zero attached hydrogens (tertiary/aromatic N) is 5. The highest BCUT2D eigenvalue weighted by atomic mass is 28.4. The molecule has 1 aromatic carbocycles. The molecule has 4 aromatic rings. The van der Waals surface area contributed by atoms with Crippen molar-refractivity contribution in [1.82, 2.24) is 24.6 Å². The number of carbonyl (C=O) groups excluding carboxylic acids is 2. The summed E-state index contributed by atoms with van der Waals surface area (Å²) in [7, 11) is -2.06. The summed E-state index contributed by atoms with van der Waals surface area (Å²) in [6.45, 7) is 23.3. The molecule has 0 fully saturated rings. The highest BCUT2D eigenvalue weighted by Crippen LogP contribution is 2.40. The molecule has 0 unspecified atom stereocenters. The number of nitrogens with one attached hydrogen (secondary N) is 2. The molecule has 11 nitrogen and oxygen atoms in total. The zero-order valence-electron chi connectivity index (χ0n) is 31.1. The van der Waals surface area contributed by atoms with Gasteiger partial charge < -0.3 is 19.4 Å². The molecule has 50 heavy (non-hydrogen) atoms. The molecule has 0 radical (unpaired) electrons. The lowest BCUT2D eigenvalue weighted by Crippen LogP contribution is -2.40. The maximum atomic E-state index is 16.6. The van der Waals surface area contributed by atoms with Gasteiger partial charge in [-0.2, -0.15) is 5.10 Å². The van der Waals surface area contributed by atoms with Crippen LogP contribution in [0, 0.1) is 12.7 Å². The van der Waals surface area contributed by atoms with Gasteiger partial charge in [-0.15, -0.1) is 0 Å². The molecular formula is C37H50FN7O4Si. The first-order valence-electron chi connectivity index (χ1n) is 17.1. The van der Waals surface area contributed by atoms with E-state index in [1.54, 1.807) is 50.0 Å². The molecule has 1 aliphatic rings. The van der Waals surface area contributed by atoms with Gasteiger partial charge in [0.05, 0.1) is 12.3 Å². The van der Waals surface area contributed by atoms with Crippen LogP contribution in [0.2, 0.25) is 18.1 Å². The standard InChI is InChI=1S/C37H50FN7O4Si/c1-22(2)44-13-12-26-16-31(43-45(26)20-32(44)46)41-30-15-24-14-27(33(38)34(29(24)19-40-30)42-35(47)49-36(4,5)6)28-18-39-17-25(23(28)3)21-48-50(10,11)37(7,8)9/h14-19,22H,12-13,20-21H2,1-11H3,(H,42,47)(H,40,41,43). The summed E-state index contributed by atoms with van der Waals surface area (Å²) >= 11 is 0. The number of pyridine rings is 2. The summed E-state index contributed by atoms with van der Waals surface area (Å²) in [6.07, 6.45) is 4.80. The Morgan fingerprint density at radius 3 is 2.42 bits per heavy atom. The van der Waals surface area contributed by atoms with Gasteiger partial charge in [0.25, 0.3) is 0 Å². The normalized spacial score (nSPS) is 14.2. The molecule has 268 valence electrons. The van der Waals surface area contributed by atoms with Crippen molar-refractivity contribution in [3.63, 3.8) is 0 Å². The smallest absolute Gasteiger partial charge is 0.412 e. The highest BCUT2D eigenvalue weighted by molar-refractivity contribution is 6.74. The van der Waals surface area contributed by atoms with E-state index in [9.17, 15) is 9.59 Å². The van der Waals surface area contributed by atoms with Gasteiger partial charge in [-0.05, 0) is 88.3 Å². The first kappa shape index (κ1) is 36.9. The molecule has 0 aliphatic carbocycles. The summed E-state index contributed by atoms with van der Waals surface area (Å²) < 4.78 is 30.3. The van der Waals surface area contributed by atoms with E-state index in [2.05, 4.69) is 59.6 Å². The van der Waals surface area contributed by atoms with E-state index in [1.807, 2.05) is 31.7 Å². The number of aromatic nitrogens is 4. The van der Waals surface area contributed by atoms with Gasteiger partial charge in [-0.3, -0.25) is 19.8 Å². The molecule has 3 aromatic heterocycles. The van der Waals surface area contributed by atoms with Crippen LogP contribution < -0.4 is 10.6 Å². The van der Waals surface area contributed by atoms with Crippen LogP contribution in [0.4, 0.5) is 26.5 Å². The van der Waals surface area contributed by atoms with Gasteiger partial charge in [0.1, 0.15) is 18.0 Å². The van der Waals surface area contributed by atoms with Gasteiger partial charge in [0.2, 0.25) is 5.91 Å². The van der Waals surface area contributed by atoms with Crippen molar-refractivity contribution in [2.75, 3.05) is 17.2 Å². The molecule has 2 N–H and O–H groups in total. The summed E-state index contributed by atoms with van der Waals surface area (Å²) in [4.78, 5) is 36.7. The van der Waals surface area contributed by atoms with Crippen molar-refractivity contribution < 1.29 is 23.1 Å². The van der Waals surface area contributed by atoms with Crippen molar-refractivity contribution in [3.8, 4) is 11.1 Å². The van der Waals surface area contributed by atoms with Crippen molar-refractivity contribution in [3.05, 3.63) is 59.4 Å². The number of amides is 2. The third kappa shape index (κ3) is 7.99. The maximum absolute atomic E-state index is 16.6. The molecule has 0 saturated carbocycles. The van der Waals surface area contributed by atoms with Crippen molar-refractivity contribution in [1.29, 1.82) is 0 Å². The van der Waals surface area contributed by atoms with Crippen LogP contribution >= 0.6 is 0 Å². The zero-order chi connectivity index (χ0) is 36.8. The lowest BCUT2D eigenvalue weighted by Gasteiger charge is -2.36. The Labute approximate surface area is 295 Å². The lowest BCUT2D eigenvalue weighted by molar-refractivity contribution is -0.133. The number of hydrogen-bond donors (Lipinski definition) is 2. The van der Waals surface area contributed by atoms with E-state index in [0.29, 0.717) is 47.5 Å². The molecule has 0 saturated heterocycles. The molecule has 2 amide bonds. The number of benzene rings is 1. The average Bonchev–Trinajstić information content (AvgIpc) is 3.28. The van der Waals surface area contributed by atoms with E-state index < -0.39 is 25.8 Å². The van der Waals surface area contributed by atoms with Crippen LogP contribution in [0.15, 0.2) is 36.8 Å². The minimum atomic E-state index is -2.06. The molecule has 0 bridgehead atoms. The topological polar surface area (TPSA) is 123 Å². The third-order valence-electron chi connectivity index (χ3n) is 9.55. The van der Waals surface area contributed by atoms with E-state index >= 15 is 4.39 Å². The number of anilines is 3. The number of ether oxygens (including phenoxy) is 1. The molecule has 13 heteroatoms. The van der Waals surface area contributed by atoms with Gasteiger partial charge in [-0.25, -0.2) is 14.2 Å². The Morgan fingerprint density at radius 1 is 1.04 bits per heavy atom. The Hall–Kier alpha value is -4.36. The Morgan fingerprint density at radius 2 is 1.76 bits per heavy atom. The van der Waals surface area contributed by atoms with Crippen LogP contribution in [-0.4, -0.2) is 63.2 Å². The second-order valence-electron chi connectivity index (χ2n) is 15.8. The van der Waals surface area contributed by atoms with E-state index in [4.69, 9.17) is 9.16 Å². The fraction of sp³-hybridized carbons (Fsp3) is 0.486. The SMILES string of the molecule is Cc1c(CO[Si](C)(C)C(C)(C)C)cncc1-c1cc2cc(Nc3cc4n(n3)CC(=O)N(C(C)C)CC4)ncc2c(NC(=O)OC(C)(C)C)c1F. The maximum Gasteiger partial charge on any atom is 0.412 e. The second-order valence-corrected chi connectivity index (χ2v) is 20.6. The lowest BCUT2D eigenvalue weighted by atomic mass is 9.96. The summed E-state index contributed by atoms with van der Waals surface area (Å²) in [5.74, 6) is 0.406. The van der Waals surface area contributed by atoms with E-state index in [1.165, 1.54) is 6.20 Å². The zero-order valence-corrected chi connectivity index (χ0v) is 32.1. The Balaban J connectivity index is 1.53. The number of hydrogen-bond acceptors (Lipinski definition) is 8. The number of carbonyl (C=O) groups is 2. The predicted octanol–water partition coefficient (Wildman–Crippen LogP) is 8.35. The summed E-state index contributed by atoms with van der Waals surface area (Å²) in [5, 5.41) is 11.6. The van der Waals surface area contributed by atoms with Gasteiger partial charge in [0.15, 0.2) is 20.0 Å². The first-order valence-corrected chi connectivity index (χ1v) is 20.0. The fourth-order valence-corrected chi connectivity index (χ4v) is 6.58. The Bertz CT molecular complexity index is 1930. The fourth-order valence-electron chi connectivity index (χ4n) is 5.63. The largest absolute Gasteiger partial charge is 0.444 e. The van der Waals surface area contributed by atoms with Crippen LogP contribution in [0.25, 0.3) is 21.9 Å². The molecule has 5 rings (SSSR count). The number of halogens is 1. The van der Waals surface area contributed by atoms with Gasteiger partial charge in [-0.1, -0.05) is 20.8 Å². The number of rotatable bonds is 8. The molecule has 1 aliphatic heterocycles. The van der Waals surface area contributed by atoms with Crippen LogP contribution in [0.3, 0.4) is 0 Å². The monoisotopic (exact) mass is 703 g/mol. The van der Waals surface area contributed by atoms with Crippen molar-refractivity contribution in [2.24, 2.45) is 0 Å². The summed E-state index contributed by atoms with van der Waals surface area (Å²) in [6, 6.07) is 5.55. The molecule has 4 heterocycles. The van der Waals surface area contributed by atoms with Gasteiger partial charge in [0, 0.05) is 65.9 Å². The van der Waals surface area contributed by atoms with Crippen LogP contribution in [0.1, 0.15) is 72.2 Å². The number of fused-ring (bicyclic) bond motifs is 2. The third-order valence-corrected chi connectivity index (χ3v) is 14.0. The average molecular weight is 704 g/mol. The molecular weight excluding hydrogens is 654 g/mol. The quantitative estimate of drug-likeness (QED) is 0.176. The summed E-state index contributed by atoms with van der Waals surface area (Å²) in [5.41, 5.74) is 2.65. The minimum Gasteiger partial charge on any atom is -0.444 e. The highest BCUT2D eigenvalue weighted by Gasteiger charge is 2.37. The van der Waals surface area contributed by atoms with Gasteiger partial charge >= 0.3 is 6.09 Å². The minimum absolute atomic E-state index is 0.0252. The molecule has 0 spiro atoms. The van der Waals surface area contributed by atoms with Crippen LogP contribution in [0.5, 0.6) is 0 Å². The van der Waals surface area contributed by atoms with Crippen LogP contribution in [-0.2, 0) is 33.5 Å². The molecule has 0 atom stereocenters. The van der Waals surface area contributed by atoms with E-state index in [0.717, 1.165) is 16.8 Å². The van der Waals surface area contributed by atoms with Crippen molar-refractivity contribution >= 4 is 48.4 Å². The van der Waals surface area contributed by atoms with E-state index in [-0.39, 0.29) is 34.8 Å². The predicted molar refractivity (Wildman–Crippen MR) is 198 cm³/mol. The van der Waals surface area contributed by atoms with Crippen molar-refractivity contribution in [2.45, 2.75) is 112 Å². The first-order chi connectivity index (χ1) is 23.2. The second kappa shape index (κ2) is 13.7.